The van der Waals surface area contributed by atoms with Crippen molar-refractivity contribution in [1.29, 1.82) is 0 Å². The normalized spacial score (nSPS) is 13.5. The molecule has 0 radical (unpaired) electrons. The maximum absolute atomic E-state index is 8.61. The second-order valence-electron chi connectivity index (χ2n) is 1.96. The number of furan rings is 1. The van der Waals surface area contributed by atoms with Gasteiger partial charge in [-0.05, 0) is 0 Å². The number of hydrogen-bond donors (Lipinski definition) is 2. The minimum atomic E-state index is -0.439. The maximum Gasteiger partial charge on any atom is 0.109 e. The first-order chi connectivity index (χ1) is 4.75. The third kappa shape index (κ3) is 1.31. The van der Waals surface area contributed by atoms with E-state index in [2.05, 4.69) is 0 Å². The molecular weight excluding hydrogens is 154 g/mol. The van der Waals surface area contributed by atoms with Crippen LogP contribution in [0.1, 0.15) is 11.6 Å². The van der Waals surface area contributed by atoms with E-state index < -0.39 is 6.04 Å². The monoisotopic (exact) mass is 161 g/mol. The first-order valence-corrected chi connectivity index (χ1v) is 3.21. The van der Waals surface area contributed by atoms with Gasteiger partial charge in [0.2, 0.25) is 0 Å². The molecule has 1 aromatic rings. The van der Waals surface area contributed by atoms with Gasteiger partial charge in [-0.1, -0.05) is 11.6 Å². The van der Waals surface area contributed by atoms with E-state index in [1.807, 2.05) is 0 Å². The van der Waals surface area contributed by atoms with E-state index in [9.17, 15) is 0 Å². The van der Waals surface area contributed by atoms with Gasteiger partial charge < -0.3 is 15.3 Å². The van der Waals surface area contributed by atoms with Gasteiger partial charge >= 0.3 is 0 Å². The van der Waals surface area contributed by atoms with E-state index in [4.69, 9.17) is 26.9 Å². The second-order valence-corrected chi connectivity index (χ2v) is 2.37. The van der Waals surface area contributed by atoms with Crippen LogP contribution in [-0.4, -0.2) is 11.7 Å². The average molecular weight is 162 g/mol. The van der Waals surface area contributed by atoms with Crippen LogP contribution in [0, 0.1) is 0 Å². The van der Waals surface area contributed by atoms with Crippen LogP contribution in [0.15, 0.2) is 16.9 Å². The Labute approximate surface area is 63.4 Å². The number of hydrogen-bond acceptors (Lipinski definition) is 3. The lowest BCUT2D eigenvalue weighted by Gasteiger charge is -2.03. The molecule has 3 N–H and O–H groups in total. The molecule has 0 aliphatic heterocycles. The van der Waals surface area contributed by atoms with Crippen molar-refractivity contribution in [1.82, 2.24) is 0 Å². The molecule has 0 aromatic carbocycles. The van der Waals surface area contributed by atoms with Crippen LogP contribution < -0.4 is 5.73 Å². The molecule has 1 unspecified atom stereocenters. The first kappa shape index (κ1) is 7.60. The molecule has 0 aliphatic carbocycles. The third-order valence-electron chi connectivity index (χ3n) is 1.24. The molecule has 1 rings (SSSR count). The van der Waals surface area contributed by atoms with Gasteiger partial charge in [0.25, 0.3) is 0 Å². The Morgan fingerprint density at radius 1 is 1.70 bits per heavy atom. The largest absolute Gasteiger partial charge is 0.471 e. The zero-order valence-electron chi connectivity index (χ0n) is 5.25. The zero-order valence-corrected chi connectivity index (χ0v) is 6.01. The van der Waals surface area contributed by atoms with Gasteiger partial charge in [0.1, 0.15) is 6.26 Å². The quantitative estimate of drug-likeness (QED) is 0.678. The average Bonchev–Trinajstić information content (AvgIpc) is 2.34. The smallest absolute Gasteiger partial charge is 0.109 e. The van der Waals surface area contributed by atoms with E-state index in [1.165, 1.54) is 12.5 Å². The van der Waals surface area contributed by atoms with Gasteiger partial charge in [0.15, 0.2) is 0 Å². The zero-order chi connectivity index (χ0) is 7.56. The van der Waals surface area contributed by atoms with Crippen LogP contribution in [0.5, 0.6) is 0 Å². The van der Waals surface area contributed by atoms with Crippen molar-refractivity contribution < 1.29 is 9.52 Å². The Kier molecular flexibility index (Phi) is 2.32. The summed E-state index contributed by atoms with van der Waals surface area (Å²) in [7, 11) is 0. The van der Waals surface area contributed by atoms with Crippen LogP contribution in [0.3, 0.4) is 0 Å². The van der Waals surface area contributed by atoms with Gasteiger partial charge in [-0.2, -0.15) is 0 Å². The summed E-state index contributed by atoms with van der Waals surface area (Å²) in [5, 5.41) is 9.07. The predicted octanol–water partition coefficient (Wildman–Crippen LogP) is 0.925. The molecule has 0 fully saturated rings. The van der Waals surface area contributed by atoms with E-state index in [-0.39, 0.29) is 6.61 Å². The Hall–Kier alpha value is -0.510. The van der Waals surface area contributed by atoms with E-state index in [1.54, 1.807) is 0 Å². The van der Waals surface area contributed by atoms with Crippen molar-refractivity contribution in [3.63, 3.8) is 0 Å². The lowest BCUT2D eigenvalue weighted by atomic mass is 10.2. The van der Waals surface area contributed by atoms with Crippen molar-refractivity contribution in [3.05, 3.63) is 23.1 Å². The van der Waals surface area contributed by atoms with E-state index in [0.717, 1.165) is 0 Å². The topological polar surface area (TPSA) is 59.4 Å². The molecule has 1 aromatic heterocycles. The van der Waals surface area contributed by atoms with Gasteiger partial charge in [0, 0.05) is 5.56 Å². The lowest BCUT2D eigenvalue weighted by Crippen LogP contribution is -2.13. The van der Waals surface area contributed by atoms with Crippen LogP contribution in [-0.2, 0) is 0 Å². The first-order valence-electron chi connectivity index (χ1n) is 2.83. The van der Waals surface area contributed by atoms with Crippen LogP contribution in [0.2, 0.25) is 5.02 Å². The van der Waals surface area contributed by atoms with Gasteiger partial charge in [0.05, 0.1) is 23.9 Å². The van der Waals surface area contributed by atoms with Crippen molar-refractivity contribution in [2.75, 3.05) is 6.61 Å². The van der Waals surface area contributed by atoms with Crippen molar-refractivity contribution in [2.45, 2.75) is 6.04 Å². The van der Waals surface area contributed by atoms with Gasteiger partial charge in [-0.25, -0.2) is 0 Å². The van der Waals surface area contributed by atoms with Crippen LogP contribution in [0.4, 0.5) is 0 Å². The molecule has 0 saturated heterocycles. The molecule has 56 valence electrons. The van der Waals surface area contributed by atoms with Crippen LogP contribution in [0.25, 0.3) is 0 Å². The molecule has 0 aliphatic rings. The fourth-order valence-corrected chi connectivity index (χ4v) is 0.890. The molecule has 0 bridgehead atoms. The Morgan fingerprint density at radius 2 is 2.40 bits per heavy atom. The number of nitrogens with two attached hydrogens (primary N) is 1. The predicted molar refractivity (Wildman–Crippen MR) is 37.7 cm³/mol. The summed E-state index contributed by atoms with van der Waals surface area (Å²) < 4.78 is 4.75. The lowest BCUT2D eigenvalue weighted by molar-refractivity contribution is 0.267. The Bertz CT molecular complexity index is 211. The molecular formula is C6H8ClNO2. The molecule has 0 saturated carbocycles. The third-order valence-corrected chi connectivity index (χ3v) is 1.55. The van der Waals surface area contributed by atoms with Crippen molar-refractivity contribution in [2.24, 2.45) is 5.73 Å². The number of aliphatic hydroxyl groups is 1. The minimum absolute atomic E-state index is 0.126. The van der Waals surface area contributed by atoms with Crippen molar-refractivity contribution in [3.8, 4) is 0 Å². The summed E-state index contributed by atoms with van der Waals surface area (Å²) >= 11 is 5.63. The summed E-state index contributed by atoms with van der Waals surface area (Å²) in [4.78, 5) is 0. The summed E-state index contributed by atoms with van der Waals surface area (Å²) in [6, 6.07) is -0.439. The SMILES string of the molecule is NC(CO)c1cocc1Cl. The van der Waals surface area contributed by atoms with Gasteiger partial charge in [-0.3, -0.25) is 0 Å². The highest BCUT2D eigenvalue weighted by Gasteiger charge is 2.09. The molecule has 10 heavy (non-hydrogen) atoms. The standard InChI is InChI=1S/C6H8ClNO2/c7-5-3-10-2-4(5)6(8)1-9/h2-3,6,9H,1,8H2. The number of rotatable bonds is 2. The van der Waals surface area contributed by atoms with Crippen LogP contribution >= 0.6 is 11.6 Å². The van der Waals surface area contributed by atoms with Gasteiger partial charge in [-0.15, -0.1) is 0 Å². The molecule has 1 atom stereocenters. The highest BCUT2D eigenvalue weighted by atomic mass is 35.5. The highest BCUT2D eigenvalue weighted by molar-refractivity contribution is 6.31. The minimum Gasteiger partial charge on any atom is -0.471 e. The molecule has 0 spiro atoms. The Balaban J connectivity index is 2.82. The summed E-state index contributed by atoms with van der Waals surface area (Å²) in [5.41, 5.74) is 6.09. The maximum atomic E-state index is 8.61. The van der Waals surface area contributed by atoms with E-state index >= 15 is 0 Å². The van der Waals surface area contributed by atoms with E-state index in [0.29, 0.717) is 10.6 Å². The van der Waals surface area contributed by atoms with Crippen molar-refractivity contribution >= 4 is 11.6 Å². The molecule has 1 heterocycles. The highest BCUT2D eigenvalue weighted by Crippen LogP contribution is 2.21. The number of aliphatic hydroxyl groups excluding tert-OH is 1. The summed E-state index contributed by atoms with van der Waals surface area (Å²) in [6.07, 6.45) is 2.82. The fourth-order valence-electron chi connectivity index (χ4n) is 0.654. The number of halogens is 1. The fraction of sp³-hybridized carbons (Fsp3) is 0.333. The molecule has 4 heteroatoms. The summed E-state index contributed by atoms with van der Waals surface area (Å²) in [5.74, 6) is 0. The Morgan fingerprint density at radius 3 is 2.80 bits per heavy atom. The molecule has 3 nitrogen and oxygen atoms in total. The molecule has 0 amide bonds. The summed E-state index contributed by atoms with van der Waals surface area (Å²) in [6.45, 7) is -0.126. The second kappa shape index (κ2) is 3.05.